The molecule has 0 saturated carbocycles. The van der Waals surface area contributed by atoms with E-state index in [0.717, 1.165) is 33.9 Å². The Labute approximate surface area is 153 Å². The minimum Gasteiger partial charge on any atom is -0.465 e. The van der Waals surface area contributed by atoms with Crippen LogP contribution in [0.2, 0.25) is 0 Å². The number of carbonyl (C=O) groups is 1. The highest BCUT2D eigenvalue weighted by molar-refractivity contribution is 7.93. The molecule has 0 saturated heterocycles. The lowest BCUT2D eigenvalue weighted by molar-refractivity contribution is -0.387. The van der Waals surface area contributed by atoms with Crippen molar-refractivity contribution in [1.82, 2.24) is 5.32 Å². The summed E-state index contributed by atoms with van der Waals surface area (Å²) >= 11 is 1.12. The maximum Gasteiger partial charge on any atom is 0.341 e. The van der Waals surface area contributed by atoms with Gasteiger partial charge in [0.1, 0.15) is 5.00 Å². The van der Waals surface area contributed by atoms with E-state index >= 15 is 0 Å². The molecule has 138 valence electrons. The molecule has 9 nitrogen and oxygen atoms in total. The second-order valence-corrected chi connectivity index (χ2v) is 8.21. The van der Waals surface area contributed by atoms with Crippen molar-refractivity contribution in [2.75, 3.05) is 18.4 Å². The van der Waals surface area contributed by atoms with Crippen LogP contribution in [0.25, 0.3) is 0 Å². The van der Waals surface area contributed by atoms with Gasteiger partial charge in [-0.15, -0.1) is 11.3 Å². The zero-order chi connectivity index (χ0) is 18.9. The summed E-state index contributed by atoms with van der Waals surface area (Å²) in [5.74, 6) is -0.648. The lowest BCUT2D eigenvalue weighted by atomic mass is 10.0. The highest BCUT2D eigenvalue weighted by Gasteiger charge is 2.31. The fraction of sp³-hybridized carbons (Fsp3) is 0.267. The van der Waals surface area contributed by atoms with Gasteiger partial charge in [-0.3, -0.25) is 14.8 Å². The van der Waals surface area contributed by atoms with Crippen LogP contribution in [0.3, 0.4) is 0 Å². The summed E-state index contributed by atoms with van der Waals surface area (Å²) in [4.78, 5) is 22.9. The van der Waals surface area contributed by atoms with E-state index in [9.17, 15) is 23.3 Å². The first-order valence-corrected chi connectivity index (χ1v) is 9.85. The van der Waals surface area contributed by atoms with Crippen LogP contribution >= 0.6 is 11.3 Å². The summed E-state index contributed by atoms with van der Waals surface area (Å²) in [5, 5.41) is 14.4. The summed E-state index contributed by atoms with van der Waals surface area (Å²) < 4.78 is 32.6. The second-order valence-electron chi connectivity index (χ2n) is 5.46. The number of hydrogen-bond acceptors (Lipinski definition) is 8. The molecular formula is C15H15N3O6S2. The molecule has 0 unspecified atom stereocenters. The molecule has 2 N–H and O–H groups in total. The molecule has 0 amide bonds. The van der Waals surface area contributed by atoms with E-state index < -0.39 is 31.5 Å². The van der Waals surface area contributed by atoms with Crippen LogP contribution < -0.4 is 10.0 Å². The number of benzene rings is 1. The second kappa shape index (κ2) is 7.02. The van der Waals surface area contributed by atoms with Crippen LogP contribution in [0, 0.1) is 10.1 Å². The van der Waals surface area contributed by atoms with Crippen molar-refractivity contribution in [3.05, 3.63) is 50.4 Å². The van der Waals surface area contributed by atoms with E-state index in [4.69, 9.17) is 4.74 Å². The predicted octanol–water partition coefficient (Wildman–Crippen LogP) is 1.89. The van der Waals surface area contributed by atoms with Gasteiger partial charge < -0.3 is 10.1 Å². The van der Waals surface area contributed by atoms with Gasteiger partial charge in [0.25, 0.3) is 15.7 Å². The number of rotatable bonds is 5. The number of thiophene rings is 1. The number of hydrogen-bond donors (Lipinski definition) is 2. The van der Waals surface area contributed by atoms with Gasteiger partial charge in [0, 0.05) is 17.5 Å². The number of fused-ring (bicyclic) bond motifs is 1. The molecular weight excluding hydrogens is 382 g/mol. The molecule has 1 aromatic carbocycles. The number of nitrogens with zero attached hydrogens (tertiary/aromatic N) is 1. The molecule has 0 radical (unpaired) electrons. The Kier molecular flexibility index (Phi) is 4.94. The van der Waals surface area contributed by atoms with E-state index in [1.54, 1.807) is 0 Å². The van der Waals surface area contributed by atoms with E-state index in [1.807, 2.05) is 0 Å². The Bertz CT molecular complexity index is 983. The molecule has 2 aromatic rings. The zero-order valence-corrected chi connectivity index (χ0v) is 15.3. The molecule has 1 aliphatic heterocycles. The van der Waals surface area contributed by atoms with Gasteiger partial charge >= 0.3 is 5.97 Å². The quantitative estimate of drug-likeness (QED) is 0.448. The largest absolute Gasteiger partial charge is 0.465 e. The highest BCUT2D eigenvalue weighted by Crippen LogP contribution is 2.37. The minimum absolute atomic E-state index is 0.101. The molecule has 0 aliphatic carbocycles. The number of para-hydroxylation sites is 1. The Morgan fingerprint density at radius 1 is 1.38 bits per heavy atom. The SMILES string of the molecule is COC(=O)c1c(NS(=O)(=O)c2ccccc2[N+](=O)[O-])sc2c1CCNC2. The first-order valence-electron chi connectivity index (χ1n) is 7.55. The van der Waals surface area contributed by atoms with Gasteiger partial charge in [0.2, 0.25) is 0 Å². The lowest BCUT2D eigenvalue weighted by Crippen LogP contribution is -2.23. The normalized spacial score (nSPS) is 13.7. The number of nitrogens with one attached hydrogen (secondary N) is 2. The van der Waals surface area contributed by atoms with Gasteiger partial charge in [-0.05, 0) is 24.6 Å². The van der Waals surface area contributed by atoms with Crippen molar-refractivity contribution in [3.63, 3.8) is 0 Å². The molecule has 26 heavy (non-hydrogen) atoms. The first kappa shape index (κ1) is 18.3. The summed E-state index contributed by atoms with van der Waals surface area (Å²) in [6.45, 7) is 1.17. The van der Waals surface area contributed by atoms with Gasteiger partial charge in [-0.2, -0.15) is 0 Å². The van der Waals surface area contributed by atoms with Crippen molar-refractivity contribution in [2.45, 2.75) is 17.9 Å². The Balaban J connectivity index is 2.08. The van der Waals surface area contributed by atoms with Crippen LogP contribution in [-0.4, -0.2) is 33.0 Å². The first-order chi connectivity index (χ1) is 12.3. The Hall–Kier alpha value is -2.50. The molecule has 0 bridgehead atoms. The highest BCUT2D eigenvalue weighted by atomic mass is 32.2. The smallest absolute Gasteiger partial charge is 0.341 e. The molecule has 0 atom stereocenters. The number of esters is 1. The summed E-state index contributed by atoms with van der Waals surface area (Å²) in [6.07, 6.45) is 0.559. The number of nitro groups is 1. The molecule has 3 rings (SSSR count). The van der Waals surface area contributed by atoms with Gasteiger partial charge in [-0.25, -0.2) is 13.2 Å². The third kappa shape index (κ3) is 3.28. The van der Waals surface area contributed by atoms with Gasteiger partial charge in [0.15, 0.2) is 4.90 Å². The number of methoxy groups -OCH3 is 1. The van der Waals surface area contributed by atoms with Gasteiger partial charge in [-0.1, -0.05) is 12.1 Å². The predicted molar refractivity (Wildman–Crippen MR) is 95.0 cm³/mol. The van der Waals surface area contributed by atoms with Crippen molar-refractivity contribution < 1.29 is 22.9 Å². The van der Waals surface area contributed by atoms with Crippen LogP contribution in [0.5, 0.6) is 0 Å². The number of nitro benzene ring substituents is 1. The van der Waals surface area contributed by atoms with E-state index in [0.29, 0.717) is 19.5 Å². The maximum atomic E-state index is 12.7. The van der Waals surface area contributed by atoms with E-state index in [-0.39, 0.29) is 10.6 Å². The topological polar surface area (TPSA) is 128 Å². The third-order valence-electron chi connectivity index (χ3n) is 3.90. The molecule has 0 spiro atoms. The molecule has 11 heteroatoms. The number of carbonyl (C=O) groups excluding carboxylic acids is 1. The molecule has 1 aromatic heterocycles. The Morgan fingerprint density at radius 2 is 2.12 bits per heavy atom. The van der Waals surface area contributed by atoms with Gasteiger partial charge in [0.05, 0.1) is 17.6 Å². The van der Waals surface area contributed by atoms with E-state index in [2.05, 4.69) is 10.0 Å². The zero-order valence-electron chi connectivity index (χ0n) is 13.6. The average molecular weight is 397 g/mol. The van der Waals surface area contributed by atoms with Crippen LogP contribution in [0.4, 0.5) is 10.7 Å². The summed E-state index contributed by atoms with van der Waals surface area (Å²) in [5.41, 5.74) is 0.361. The number of anilines is 1. The van der Waals surface area contributed by atoms with Crippen molar-refractivity contribution in [1.29, 1.82) is 0 Å². The monoisotopic (exact) mass is 397 g/mol. The van der Waals surface area contributed by atoms with Crippen LogP contribution in [-0.2, 0) is 27.7 Å². The van der Waals surface area contributed by atoms with Crippen molar-refractivity contribution in [2.24, 2.45) is 0 Å². The van der Waals surface area contributed by atoms with E-state index in [1.165, 1.54) is 19.2 Å². The standard InChI is InChI=1S/C15H15N3O6S2/c1-24-15(19)13-9-6-7-16-8-11(9)25-14(13)17-26(22,23)12-5-3-2-4-10(12)18(20)21/h2-5,16-17H,6-8H2,1H3. The Morgan fingerprint density at radius 3 is 2.81 bits per heavy atom. The molecule has 2 heterocycles. The average Bonchev–Trinajstić information content (AvgIpc) is 2.98. The number of sulfonamides is 1. The fourth-order valence-corrected chi connectivity index (χ4v) is 5.42. The molecule has 0 fully saturated rings. The fourth-order valence-electron chi connectivity index (χ4n) is 2.74. The summed E-state index contributed by atoms with van der Waals surface area (Å²) in [7, 11) is -3.05. The van der Waals surface area contributed by atoms with Crippen molar-refractivity contribution in [3.8, 4) is 0 Å². The summed E-state index contributed by atoms with van der Waals surface area (Å²) in [6, 6.07) is 5.03. The van der Waals surface area contributed by atoms with Crippen LogP contribution in [0.1, 0.15) is 20.8 Å². The maximum absolute atomic E-state index is 12.7. The number of ether oxygens (including phenoxy) is 1. The molecule has 1 aliphatic rings. The van der Waals surface area contributed by atoms with Crippen LogP contribution in [0.15, 0.2) is 29.2 Å². The minimum atomic E-state index is -4.26. The lowest BCUT2D eigenvalue weighted by Gasteiger charge is -2.13. The van der Waals surface area contributed by atoms with Crippen molar-refractivity contribution >= 4 is 38.0 Å². The third-order valence-corrected chi connectivity index (χ3v) is 6.57.